The zero-order valence-electron chi connectivity index (χ0n) is 16.7. The minimum absolute atomic E-state index is 0.121. The quantitative estimate of drug-likeness (QED) is 0.826. The van der Waals surface area contributed by atoms with Gasteiger partial charge in [0.1, 0.15) is 5.75 Å². The lowest BCUT2D eigenvalue weighted by Gasteiger charge is -2.43. The van der Waals surface area contributed by atoms with Crippen LogP contribution in [0.3, 0.4) is 0 Å². The van der Waals surface area contributed by atoms with Crippen LogP contribution in [0.2, 0.25) is 0 Å². The number of rotatable bonds is 3. The number of carbonyl (C=O) groups is 2. The van der Waals surface area contributed by atoms with Gasteiger partial charge in [0.05, 0.1) is 17.7 Å². The molecule has 0 atom stereocenters. The minimum Gasteiger partial charge on any atom is -0.497 e. The Morgan fingerprint density at radius 3 is 2.55 bits per heavy atom. The molecule has 1 N–H and O–H groups in total. The number of amides is 3. The molecule has 152 valence electrons. The molecule has 2 saturated heterocycles. The van der Waals surface area contributed by atoms with Crippen molar-refractivity contribution in [2.75, 3.05) is 36.2 Å². The van der Waals surface area contributed by atoms with Crippen molar-refractivity contribution in [1.82, 2.24) is 4.90 Å². The smallest absolute Gasteiger partial charge is 0.321 e. The highest BCUT2D eigenvalue weighted by Crippen LogP contribution is 2.46. The third-order valence-electron chi connectivity index (χ3n) is 5.57. The minimum atomic E-state index is -0.265. The second kappa shape index (κ2) is 7.99. The predicted octanol–water partition coefficient (Wildman–Crippen LogP) is 4.11. The molecule has 2 fully saturated rings. The van der Waals surface area contributed by atoms with Gasteiger partial charge in [-0.05, 0) is 44.0 Å². The molecular weight excluding hydrogens is 386 g/mol. The largest absolute Gasteiger partial charge is 0.497 e. The molecule has 29 heavy (non-hydrogen) atoms. The van der Waals surface area contributed by atoms with E-state index in [1.165, 1.54) is 5.56 Å². The lowest BCUT2D eigenvalue weighted by molar-refractivity contribution is -0.116. The molecule has 3 amide bonds. The summed E-state index contributed by atoms with van der Waals surface area (Å²) in [5.74, 6) is 1.34. The first kappa shape index (κ1) is 19.6. The van der Waals surface area contributed by atoms with Gasteiger partial charge in [0.25, 0.3) is 0 Å². The molecule has 2 aliphatic rings. The molecule has 0 bridgehead atoms. The molecule has 0 aromatic heterocycles. The van der Waals surface area contributed by atoms with E-state index >= 15 is 0 Å². The van der Waals surface area contributed by atoms with Gasteiger partial charge >= 0.3 is 6.03 Å². The third-order valence-corrected chi connectivity index (χ3v) is 7.09. The number of aryl methyl sites for hydroxylation is 1. The van der Waals surface area contributed by atoms with Crippen LogP contribution in [0, 0.1) is 6.92 Å². The number of carbonyl (C=O) groups excluding carboxylic acids is 2. The van der Waals surface area contributed by atoms with E-state index in [9.17, 15) is 9.59 Å². The maximum Gasteiger partial charge on any atom is 0.321 e. The lowest BCUT2D eigenvalue weighted by atomic mass is 10.0. The Morgan fingerprint density at radius 1 is 1.14 bits per heavy atom. The van der Waals surface area contributed by atoms with Gasteiger partial charge in [-0.3, -0.25) is 9.69 Å². The molecule has 1 spiro atoms. The average Bonchev–Trinajstić information content (AvgIpc) is 3.05. The van der Waals surface area contributed by atoms with Crippen LogP contribution in [0.1, 0.15) is 18.4 Å². The Bertz CT molecular complexity index is 908. The summed E-state index contributed by atoms with van der Waals surface area (Å²) in [6.45, 7) is 3.26. The Balaban J connectivity index is 1.44. The van der Waals surface area contributed by atoms with Crippen molar-refractivity contribution in [2.24, 2.45) is 0 Å². The fourth-order valence-corrected chi connectivity index (χ4v) is 5.28. The van der Waals surface area contributed by atoms with Crippen molar-refractivity contribution in [3.63, 3.8) is 0 Å². The van der Waals surface area contributed by atoms with Crippen molar-refractivity contribution >= 4 is 35.1 Å². The van der Waals surface area contributed by atoms with Gasteiger partial charge in [0, 0.05) is 30.5 Å². The summed E-state index contributed by atoms with van der Waals surface area (Å²) in [5.41, 5.74) is 2.83. The maximum atomic E-state index is 12.7. The highest BCUT2D eigenvalue weighted by atomic mass is 32.2. The van der Waals surface area contributed by atoms with Gasteiger partial charge in [0.2, 0.25) is 5.91 Å². The van der Waals surface area contributed by atoms with Crippen LogP contribution in [-0.2, 0) is 4.79 Å². The maximum absolute atomic E-state index is 12.7. The number of benzene rings is 2. The van der Waals surface area contributed by atoms with Crippen molar-refractivity contribution in [3.05, 3.63) is 54.1 Å². The monoisotopic (exact) mass is 411 g/mol. The summed E-state index contributed by atoms with van der Waals surface area (Å²) < 4.78 is 5.21. The van der Waals surface area contributed by atoms with Crippen LogP contribution in [0.15, 0.2) is 48.5 Å². The van der Waals surface area contributed by atoms with Gasteiger partial charge in [-0.15, -0.1) is 11.8 Å². The number of methoxy groups -OCH3 is 1. The van der Waals surface area contributed by atoms with E-state index in [4.69, 9.17) is 4.74 Å². The molecule has 7 heteroatoms. The second-order valence-electron chi connectivity index (χ2n) is 7.45. The number of nitrogens with zero attached hydrogens (tertiary/aromatic N) is 2. The SMILES string of the molecule is COc1cccc(NC(=O)N2CCC3(CC2)SCC(=O)N3c2ccc(C)cc2)c1. The molecular formula is C22H25N3O3S. The van der Waals surface area contributed by atoms with Gasteiger partial charge in [0.15, 0.2) is 0 Å². The lowest BCUT2D eigenvalue weighted by Crippen LogP contribution is -2.53. The number of nitrogens with one attached hydrogen (secondary N) is 1. The first-order valence-electron chi connectivity index (χ1n) is 9.74. The number of thioether (sulfide) groups is 1. The summed E-state index contributed by atoms with van der Waals surface area (Å²) in [4.78, 5) is 28.9. The van der Waals surface area contributed by atoms with Crippen molar-refractivity contribution in [1.29, 1.82) is 0 Å². The van der Waals surface area contributed by atoms with E-state index in [1.54, 1.807) is 24.9 Å². The molecule has 0 saturated carbocycles. The van der Waals surface area contributed by atoms with Crippen molar-refractivity contribution in [2.45, 2.75) is 24.6 Å². The Hall–Kier alpha value is -2.67. The summed E-state index contributed by atoms with van der Waals surface area (Å²) in [5, 5.41) is 2.94. The highest BCUT2D eigenvalue weighted by Gasteiger charge is 2.49. The molecule has 0 unspecified atom stereocenters. The normalized spacial score (nSPS) is 18.2. The predicted molar refractivity (Wildman–Crippen MR) is 117 cm³/mol. The zero-order chi connectivity index (χ0) is 20.4. The average molecular weight is 412 g/mol. The van der Waals surface area contributed by atoms with Crippen molar-refractivity contribution < 1.29 is 14.3 Å². The van der Waals surface area contributed by atoms with E-state index in [-0.39, 0.29) is 16.8 Å². The van der Waals surface area contributed by atoms with Crippen LogP contribution in [-0.4, -0.2) is 47.7 Å². The van der Waals surface area contributed by atoms with Crippen molar-refractivity contribution in [3.8, 4) is 5.75 Å². The summed E-state index contributed by atoms with van der Waals surface area (Å²) in [6, 6.07) is 15.3. The zero-order valence-corrected chi connectivity index (χ0v) is 17.5. The molecule has 2 aromatic carbocycles. The number of ether oxygens (including phenoxy) is 1. The standard InChI is InChI=1S/C22H25N3O3S/c1-16-6-8-18(9-7-16)25-20(26)15-29-22(25)10-12-24(13-11-22)21(27)23-17-4-3-5-19(14-17)28-2/h3-9,14H,10-13,15H2,1-2H3,(H,23,27). The second-order valence-corrected chi connectivity index (χ2v) is 8.79. The fourth-order valence-electron chi connectivity index (χ4n) is 3.96. The Labute approximate surface area is 175 Å². The van der Waals surface area contributed by atoms with Crippen LogP contribution >= 0.6 is 11.8 Å². The topological polar surface area (TPSA) is 61.9 Å². The van der Waals surface area contributed by atoms with Crippen LogP contribution in [0.4, 0.5) is 16.2 Å². The first-order valence-corrected chi connectivity index (χ1v) is 10.7. The highest BCUT2D eigenvalue weighted by molar-refractivity contribution is 8.02. The van der Waals surface area contributed by atoms with E-state index < -0.39 is 0 Å². The number of piperidine rings is 1. The summed E-state index contributed by atoms with van der Waals surface area (Å²) in [6.07, 6.45) is 1.51. The molecule has 2 aliphatic heterocycles. The van der Waals surface area contributed by atoms with Gasteiger partial charge in [-0.2, -0.15) is 0 Å². The third kappa shape index (κ3) is 3.92. The van der Waals surface area contributed by atoms with Crippen LogP contribution < -0.4 is 15.0 Å². The van der Waals surface area contributed by atoms with Gasteiger partial charge < -0.3 is 15.0 Å². The molecule has 0 aliphatic carbocycles. The summed E-state index contributed by atoms with van der Waals surface area (Å²) >= 11 is 1.71. The first-order chi connectivity index (χ1) is 14.0. The molecule has 6 nitrogen and oxygen atoms in total. The van der Waals surface area contributed by atoms with Gasteiger partial charge in [-0.25, -0.2) is 4.79 Å². The molecule has 2 heterocycles. The van der Waals surface area contributed by atoms with Crippen LogP contribution in [0.25, 0.3) is 0 Å². The Morgan fingerprint density at radius 2 is 1.86 bits per heavy atom. The Kier molecular flexibility index (Phi) is 5.41. The molecule has 4 rings (SSSR count). The van der Waals surface area contributed by atoms with E-state index in [1.807, 2.05) is 59.2 Å². The molecule has 2 aromatic rings. The number of urea groups is 1. The summed E-state index contributed by atoms with van der Waals surface area (Å²) in [7, 11) is 1.60. The number of likely N-dealkylation sites (tertiary alicyclic amines) is 1. The van der Waals surface area contributed by atoms with Gasteiger partial charge in [-0.1, -0.05) is 23.8 Å². The van der Waals surface area contributed by atoms with E-state index in [0.717, 1.165) is 18.5 Å². The number of hydrogen-bond acceptors (Lipinski definition) is 4. The number of hydrogen-bond donors (Lipinski definition) is 1. The fraction of sp³-hybridized carbons (Fsp3) is 0.364. The number of anilines is 2. The molecule has 0 radical (unpaired) electrons. The van der Waals surface area contributed by atoms with Crippen LogP contribution in [0.5, 0.6) is 5.75 Å². The van der Waals surface area contributed by atoms with E-state index in [2.05, 4.69) is 5.32 Å². The van der Waals surface area contributed by atoms with E-state index in [0.29, 0.717) is 30.3 Å².